The van der Waals surface area contributed by atoms with Crippen LogP contribution in [0.4, 0.5) is 0 Å². The number of hydrogen-bond donors (Lipinski definition) is 2. The van der Waals surface area contributed by atoms with E-state index < -0.39 is 0 Å². The number of phenols is 1. The molecule has 18 heavy (non-hydrogen) atoms. The molecule has 1 unspecified atom stereocenters. The Labute approximate surface area is 112 Å². The molecule has 1 amide bonds. The lowest BCUT2D eigenvalue weighted by atomic mass is 10.0. The van der Waals surface area contributed by atoms with E-state index in [2.05, 4.69) is 5.32 Å². The summed E-state index contributed by atoms with van der Waals surface area (Å²) >= 11 is 5.75. The van der Waals surface area contributed by atoms with E-state index in [4.69, 9.17) is 11.6 Å². The summed E-state index contributed by atoms with van der Waals surface area (Å²) in [7, 11) is 1.77. The minimum Gasteiger partial charge on any atom is -0.507 e. The maximum Gasteiger partial charge on any atom is 0.257 e. The Kier molecular flexibility index (Phi) is 4.09. The summed E-state index contributed by atoms with van der Waals surface area (Å²) in [4.78, 5) is 14.0. The number of aromatic hydroxyl groups is 1. The van der Waals surface area contributed by atoms with Gasteiger partial charge in [-0.3, -0.25) is 4.79 Å². The molecule has 98 valence electrons. The van der Waals surface area contributed by atoms with Crippen LogP contribution in [0.25, 0.3) is 0 Å². The van der Waals surface area contributed by atoms with Crippen LogP contribution in [0.3, 0.4) is 0 Å². The monoisotopic (exact) mass is 268 g/mol. The molecule has 1 atom stereocenters. The first-order chi connectivity index (χ1) is 8.59. The van der Waals surface area contributed by atoms with Crippen molar-refractivity contribution >= 4 is 17.5 Å². The number of carbonyl (C=O) groups is 1. The van der Waals surface area contributed by atoms with E-state index >= 15 is 0 Å². The van der Waals surface area contributed by atoms with Gasteiger partial charge in [0, 0.05) is 24.7 Å². The van der Waals surface area contributed by atoms with Crippen LogP contribution in [0, 0.1) is 0 Å². The topological polar surface area (TPSA) is 52.6 Å². The largest absolute Gasteiger partial charge is 0.507 e. The van der Waals surface area contributed by atoms with Crippen molar-refractivity contribution in [3.8, 4) is 5.75 Å². The van der Waals surface area contributed by atoms with Gasteiger partial charge in [0.05, 0.1) is 5.56 Å². The Morgan fingerprint density at radius 3 is 2.94 bits per heavy atom. The van der Waals surface area contributed by atoms with Crippen molar-refractivity contribution in [3.05, 3.63) is 28.8 Å². The van der Waals surface area contributed by atoms with Crippen LogP contribution in [0.5, 0.6) is 5.75 Å². The molecule has 2 N–H and O–H groups in total. The lowest BCUT2D eigenvalue weighted by Crippen LogP contribution is -2.46. The zero-order chi connectivity index (χ0) is 13.1. The average molecular weight is 269 g/mol. The second-order valence-corrected chi connectivity index (χ2v) is 5.01. The van der Waals surface area contributed by atoms with Crippen LogP contribution in [0.15, 0.2) is 18.2 Å². The molecule has 0 spiro atoms. The summed E-state index contributed by atoms with van der Waals surface area (Å²) in [6.45, 7) is 1.81. The van der Waals surface area contributed by atoms with Gasteiger partial charge in [0.2, 0.25) is 0 Å². The minimum absolute atomic E-state index is 0.0666. The van der Waals surface area contributed by atoms with Crippen molar-refractivity contribution in [2.75, 3.05) is 20.1 Å². The quantitative estimate of drug-likeness (QED) is 0.861. The molecule has 2 rings (SSSR count). The van der Waals surface area contributed by atoms with Gasteiger partial charge in [-0.25, -0.2) is 0 Å². The van der Waals surface area contributed by atoms with Gasteiger partial charge >= 0.3 is 0 Å². The fourth-order valence-corrected chi connectivity index (χ4v) is 2.37. The van der Waals surface area contributed by atoms with Gasteiger partial charge in [0.25, 0.3) is 5.91 Å². The molecule has 1 fully saturated rings. The van der Waals surface area contributed by atoms with E-state index in [1.165, 1.54) is 6.07 Å². The van der Waals surface area contributed by atoms with E-state index in [9.17, 15) is 9.90 Å². The highest BCUT2D eigenvalue weighted by Gasteiger charge is 2.24. The van der Waals surface area contributed by atoms with E-state index in [1.54, 1.807) is 24.1 Å². The normalized spacial score (nSPS) is 19.6. The number of piperidine rings is 1. The van der Waals surface area contributed by atoms with Crippen LogP contribution in [-0.2, 0) is 0 Å². The van der Waals surface area contributed by atoms with Crippen LogP contribution in [0.2, 0.25) is 5.02 Å². The molecule has 5 heteroatoms. The van der Waals surface area contributed by atoms with E-state index in [0.717, 1.165) is 25.9 Å². The molecular weight excluding hydrogens is 252 g/mol. The third kappa shape index (κ3) is 2.76. The number of nitrogens with one attached hydrogen (secondary N) is 1. The first kappa shape index (κ1) is 13.2. The molecule has 0 aliphatic carbocycles. The molecule has 0 aromatic heterocycles. The summed E-state index contributed by atoms with van der Waals surface area (Å²) in [6, 6.07) is 4.75. The second kappa shape index (κ2) is 5.59. The molecule has 1 aromatic rings. The van der Waals surface area contributed by atoms with Crippen LogP contribution < -0.4 is 5.32 Å². The Hall–Kier alpha value is -1.26. The van der Waals surface area contributed by atoms with Gasteiger partial charge in [-0.15, -0.1) is 0 Å². The third-order valence-electron chi connectivity index (χ3n) is 3.33. The average Bonchev–Trinajstić information content (AvgIpc) is 2.38. The molecule has 0 radical (unpaired) electrons. The first-order valence-electron chi connectivity index (χ1n) is 6.06. The fourth-order valence-electron chi connectivity index (χ4n) is 2.21. The molecule has 0 bridgehead atoms. The highest BCUT2D eigenvalue weighted by molar-refractivity contribution is 6.30. The lowest BCUT2D eigenvalue weighted by molar-refractivity contribution is 0.0705. The number of hydrogen-bond acceptors (Lipinski definition) is 3. The Balaban J connectivity index is 2.14. The molecule has 1 aliphatic heterocycles. The predicted molar refractivity (Wildman–Crippen MR) is 71.1 cm³/mol. The summed E-state index contributed by atoms with van der Waals surface area (Å²) in [5.41, 5.74) is 0.299. The number of amides is 1. The maximum absolute atomic E-state index is 12.3. The Bertz CT molecular complexity index is 445. The summed E-state index contributed by atoms with van der Waals surface area (Å²) in [5.74, 6) is -0.235. The second-order valence-electron chi connectivity index (χ2n) is 4.58. The summed E-state index contributed by atoms with van der Waals surface area (Å²) in [6.07, 6.45) is 2.05. The molecule has 1 saturated heterocycles. The van der Waals surface area contributed by atoms with Crippen molar-refractivity contribution in [2.24, 2.45) is 0 Å². The Morgan fingerprint density at radius 2 is 2.33 bits per heavy atom. The van der Waals surface area contributed by atoms with E-state index in [-0.39, 0.29) is 17.7 Å². The first-order valence-corrected chi connectivity index (χ1v) is 6.44. The third-order valence-corrected chi connectivity index (χ3v) is 3.56. The van der Waals surface area contributed by atoms with Gasteiger partial charge < -0.3 is 15.3 Å². The zero-order valence-electron chi connectivity index (χ0n) is 10.3. The van der Waals surface area contributed by atoms with E-state index in [0.29, 0.717) is 10.6 Å². The van der Waals surface area contributed by atoms with Crippen molar-refractivity contribution < 1.29 is 9.90 Å². The standard InChI is InChI=1S/C13H17ClN2O2/c1-16(10-3-2-6-15-8-10)13(18)11-5-4-9(14)7-12(11)17/h4-5,7,10,15,17H,2-3,6,8H2,1H3. The summed E-state index contributed by atoms with van der Waals surface area (Å²) in [5, 5.41) is 13.5. The molecule has 1 aromatic carbocycles. The van der Waals surface area contributed by atoms with Gasteiger partial charge in [-0.2, -0.15) is 0 Å². The number of benzene rings is 1. The fraction of sp³-hybridized carbons (Fsp3) is 0.462. The van der Waals surface area contributed by atoms with Gasteiger partial charge in [-0.05, 0) is 37.6 Å². The number of carbonyl (C=O) groups excluding carboxylic acids is 1. The number of phenolic OH excluding ortho intramolecular Hbond substituents is 1. The van der Waals surface area contributed by atoms with E-state index in [1.807, 2.05) is 0 Å². The zero-order valence-corrected chi connectivity index (χ0v) is 11.1. The minimum atomic E-state index is -0.169. The maximum atomic E-state index is 12.3. The van der Waals surface area contributed by atoms with Crippen molar-refractivity contribution in [1.29, 1.82) is 0 Å². The highest BCUT2D eigenvalue weighted by Crippen LogP contribution is 2.24. The molecule has 1 aliphatic rings. The smallest absolute Gasteiger partial charge is 0.257 e. The SMILES string of the molecule is CN(C(=O)c1ccc(Cl)cc1O)C1CCCNC1. The predicted octanol–water partition coefficient (Wildman–Crippen LogP) is 1.87. The Morgan fingerprint density at radius 1 is 1.56 bits per heavy atom. The van der Waals surface area contributed by atoms with Gasteiger partial charge in [0.15, 0.2) is 0 Å². The van der Waals surface area contributed by atoms with Crippen molar-refractivity contribution in [2.45, 2.75) is 18.9 Å². The molecule has 0 saturated carbocycles. The summed E-state index contributed by atoms with van der Waals surface area (Å²) < 4.78 is 0. The number of rotatable bonds is 2. The number of likely N-dealkylation sites (N-methyl/N-ethyl adjacent to an activating group) is 1. The lowest BCUT2D eigenvalue weighted by Gasteiger charge is -2.31. The van der Waals surface area contributed by atoms with Crippen LogP contribution in [0.1, 0.15) is 23.2 Å². The number of halogens is 1. The van der Waals surface area contributed by atoms with Crippen molar-refractivity contribution in [1.82, 2.24) is 10.2 Å². The highest BCUT2D eigenvalue weighted by atomic mass is 35.5. The van der Waals surface area contributed by atoms with Crippen LogP contribution in [-0.4, -0.2) is 42.1 Å². The van der Waals surface area contributed by atoms with Gasteiger partial charge in [-0.1, -0.05) is 11.6 Å². The molecular formula is C13H17ClN2O2. The van der Waals surface area contributed by atoms with Crippen LogP contribution >= 0.6 is 11.6 Å². The molecule has 4 nitrogen and oxygen atoms in total. The number of nitrogens with zero attached hydrogens (tertiary/aromatic N) is 1. The van der Waals surface area contributed by atoms with Crippen molar-refractivity contribution in [3.63, 3.8) is 0 Å². The van der Waals surface area contributed by atoms with Gasteiger partial charge in [0.1, 0.15) is 5.75 Å². The molecule has 1 heterocycles.